The lowest BCUT2D eigenvalue weighted by Gasteiger charge is -2.31. The van der Waals surface area contributed by atoms with E-state index in [-0.39, 0.29) is 12.3 Å². The predicted octanol–water partition coefficient (Wildman–Crippen LogP) is 2.56. The van der Waals surface area contributed by atoms with Gasteiger partial charge in [0.05, 0.1) is 24.1 Å². The normalized spacial score (nSPS) is 14.8. The molecule has 2 amide bonds. The van der Waals surface area contributed by atoms with Crippen molar-refractivity contribution in [1.29, 1.82) is 0 Å². The molecular formula is C28H40N4O5. The van der Waals surface area contributed by atoms with E-state index in [1.807, 2.05) is 50.2 Å². The Labute approximate surface area is 219 Å². The third-order valence-corrected chi connectivity index (χ3v) is 5.56. The molecule has 37 heavy (non-hydrogen) atoms. The number of pyridine rings is 1. The molecule has 202 valence electrons. The second-order valence-corrected chi connectivity index (χ2v) is 10.7. The van der Waals surface area contributed by atoms with Crippen LogP contribution in [-0.4, -0.2) is 51.8 Å². The van der Waals surface area contributed by atoms with Gasteiger partial charge in [0.2, 0.25) is 11.8 Å². The van der Waals surface area contributed by atoms with Crippen molar-refractivity contribution in [2.24, 2.45) is 17.6 Å². The molecule has 9 heteroatoms. The number of benzene rings is 1. The molecule has 0 radical (unpaired) electrons. The van der Waals surface area contributed by atoms with E-state index < -0.39 is 47.6 Å². The van der Waals surface area contributed by atoms with Crippen LogP contribution in [0.1, 0.15) is 53.5 Å². The zero-order valence-corrected chi connectivity index (χ0v) is 22.5. The summed E-state index contributed by atoms with van der Waals surface area (Å²) in [6.07, 6.45) is -0.601. The number of ether oxygens (including phenoxy) is 1. The Morgan fingerprint density at radius 2 is 1.76 bits per heavy atom. The Kier molecular flexibility index (Phi) is 10.8. The van der Waals surface area contributed by atoms with Gasteiger partial charge in [0, 0.05) is 11.8 Å². The van der Waals surface area contributed by atoms with Crippen molar-refractivity contribution in [3.8, 4) is 11.3 Å². The van der Waals surface area contributed by atoms with Crippen LogP contribution in [0.4, 0.5) is 0 Å². The topological polar surface area (TPSA) is 144 Å². The van der Waals surface area contributed by atoms with Gasteiger partial charge in [-0.25, -0.2) is 0 Å². The summed E-state index contributed by atoms with van der Waals surface area (Å²) in [4.78, 5) is 42.6. The van der Waals surface area contributed by atoms with Crippen molar-refractivity contribution in [3.63, 3.8) is 0 Å². The number of aliphatic hydroxyl groups excluding tert-OH is 1. The van der Waals surface area contributed by atoms with E-state index in [0.717, 1.165) is 16.8 Å². The van der Waals surface area contributed by atoms with Gasteiger partial charge in [-0.15, -0.1) is 0 Å². The van der Waals surface area contributed by atoms with E-state index in [1.54, 1.807) is 33.0 Å². The number of aromatic nitrogens is 1. The monoisotopic (exact) mass is 512 g/mol. The maximum atomic E-state index is 13.0. The summed E-state index contributed by atoms with van der Waals surface area (Å²) in [5.74, 6) is -2.49. The highest BCUT2D eigenvalue weighted by atomic mass is 16.6. The summed E-state index contributed by atoms with van der Waals surface area (Å²) in [7, 11) is 0. The van der Waals surface area contributed by atoms with Gasteiger partial charge in [0.25, 0.3) is 0 Å². The van der Waals surface area contributed by atoms with Crippen molar-refractivity contribution in [2.45, 2.75) is 78.3 Å². The molecule has 0 fully saturated rings. The summed E-state index contributed by atoms with van der Waals surface area (Å²) in [5, 5.41) is 16.3. The third kappa shape index (κ3) is 9.93. The van der Waals surface area contributed by atoms with Gasteiger partial charge in [0.1, 0.15) is 17.9 Å². The van der Waals surface area contributed by atoms with Crippen LogP contribution in [0, 0.1) is 11.8 Å². The lowest BCUT2D eigenvalue weighted by atomic mass is 9.99. The minimum absolute atomic E-state index is 0.0152. The fourth-order valence-electron chi connectivity index (χ4n) is 3.69. The minimum Gasteiger partial charge on any atom is -0.460 e. The Bertz CT molecular complexity index is 1050. The largest absolute Gasteiger partial charge is 0.460 e. The number of nitrogens with zero attached hydrogens (tertiary/aromatic N) is 1. The lowest BCUT2D eigenvalue weighted by Crippen LogP contribution is -2.60. The van der Waals surface area contributed by atoms with E-state index in [9.17, 15) is 19.5 Å². The fourth-order valence-corrected chi connectivity index (χ4v) is 3.69. The lowest BCUT2D eigenvalue weighted by molar-refractivity contribution is -0.164. The number of hydrogen-bond donors (Lipinski definition) is 4. The van der Waals surface area contributed by atoms with E-state index in [1.165, 1.54) is 6.92 Å². The summed E-state index contributed by atoms with van der Waals surface area (Å²) in [6, 6.07) is 12.1. The van der Waals surface area contributed by atoms with Gasteiger partial charge < -0.3 is 26.2 Å². The van der Waals surface area contributed by atoms with Gasteiger partial charge in [-0.3, -0.25) is 19.4 Å². The zero-order chi connectivity index (χ0) is 27.8. The fraction of sp³-hybridized carbons (Fsp3) is 0.500. The minimum atomic E-state index is -1.45. The summed E-state index contributed by atoms with van der Waals surface area (Å²) < 4.78 is 5.38. The average Bonchev–Trinajstić information content (AvgIpc) is 2.81. The Balaban J connectivity index is 2.19. The Hall–Kier alpha value is -3.30. The molecule has 1 heterocycles. The first-order valence-corrected chi connectivity index (χ1v) is 12.5. The number of carbonyl (C=O) groups is 3. The van der Waals surface area contributed by atoms with Crippen LogP contribution >= 0.6 is 0 Å². The molecule has 1 aromatic heterocycles. The predicted molar refractivity (Wildman–Crippen MR) is 142 cm³/mol. The van der Waals surface area contributed by atoms with Crippen LogP contribution in [0.3, 0.4) is 0 Å². The molecule has 2 aromatic rings. The SMILES string of the molecule is CC(C)C[C@H](N)C(=O)NC(NC(=O)Cc1cccc(-c2ccccn2)c1)C(O)[C@H](C)C(=O)OC(C)(C)C. The molecule has 0 spiro atoms. The highest BCUT2D eigenvalue weighted by molar-refractivity contribution is 5.84. The molecule has 2 rings (SSSR count). The average molecular weight is 513 g/mol. The quantitative estimate of drug-likeness (QED) is 0.268. The van der Waals surface area contributed by atoms with Gasteiger partial charge in [0.15, 0.2) is 0 Å². The molecule has 0 aliphatic rings. The molecular weight excluding hydrogens is 472 g/mol. The van der Waals surface area contributed by atoms with Gasteiger partial charge >= 0.3 is 5.97 Å². The number of esters is 1. The van der Waals surface area contributed by atoms with Gasteiger partial charge in [-0.1, -0.05) is 38.1 Å². The molecule has 0 aliphatic carbocycles. The highest BCUT2D eigenvalue weighted by Crippen LogP contribution is 2.19. The van der Waals surface area contributed by atoms with Crippen molar-refractivity contribution in [1.82, 2.24) is 15.6 Å². The van der Waals surface area contributed by atoms with Crippen LogP contribution in [0.5, 0.6) is 0 Å². The first-order chi connectivity index (χ1) is 17.3. The molecule has 4 atom stereocenters. The number of amides is 2. The molecule has 0 saturated carbocycles. The molecule has 0 bridgehead atoms. The zero-order valence-electron chi connectivity index (χ0n) is 22.5. The Morgan fingerprint density at radius 3 is 2.35 bits per heavy atom. The molecule has 2 unspecified atom stereocenters. The van der Waals surface area contributed by atoms with Crippen LogP contribution in [0.2, 0.25) is 0 Å². The molecule has 0 aliphatic heterocycles. The number of nitrogens with two attached hydrogens (primary N) is 1. The second-order valence-electron chi connectivity index (χ2n) is 10.7. The number of rotatable bonds is 11. The second kappa shape index (κ2) is 13.3. The van der Waals surface area contributed by atoms with Crippen molar-refractivity contribution >= 4 is 17.8 Å². The maximum Gasteiger partial charge on any atom is 0.311 e. The molecule has 9 nitrogen and oxygen atoms in total. The standard InChI is InChI=1S/C28H40N4O5/c1-17(2)14-21(29)26(35)32-25(24(34)18(3)27(36)37-28(4,5)6)31-23(33)16-19-10-9-11-20(15-19)22-12-7-8-13-30-22/h7-13,15,17-18,21,24-25,34H,14,16,29H2,1-6H3,(H,31,33)(H,32,35)/t18-,21-,24?,25?/m0/s1. The number of carbonyl (C=O) groups excluding carboxylic acids is 3. The van der Waals surface area contributed by atoms with Crippen LogP contribution in [0.15, 0.2) is 48.7 Å². The van der Waals surface area contributed by atoms with Crippen LogP contribution in [0.25, 0.3) is 11.3 Å². The first kappa shape index (κ1) is 29.9. The molecule has 0 saturated heterocycles. The molecule has 5 N–H and O–H groups in total. The summed E-state index contributed by atoms with van der Waals surface area (Å²) in [6.45, 7) is 10.5. The van der Waals surface area contributed by atoms with Crippen molar-refractivity contribution < 1.29 is 24.2 Å². The smallest absolute Gasteiger partial charge is 0.311 e. The number of hydrogen-bond acceptors (Lipinski definition) is 7. The van der Waals surface area contributed by atoms with Crippen molar-refractivity contribution in [2.75, 3.05) is 0 Å². The summed E-state index contributed by atoms with van der Waals surface area (Å²) in [5.41, 5.74) is 7.60. The number of aliphatic hydroxyl groups is 1. The maximum absolute atomic E-state index is 13.0. The summed E-state index contributed by atoms with van der Waals surface area (Å²) >= 11 is 0. The van der Waals surface area contributed by atoms with E-state index in [0.29, 0.717) is 6.42 Å². The van der Waals surface area contributed by atoms with Gasteiger partial charge in [-0.05, 0) is 63.8 Å². The molecule has 1 aromatic carbocycles. The van der Waals surface area contributed by atoms with E-state index in [4.69, 9.17) is 10.5 Å². The van der Waals surface area contributed by atoms with Crippen molar-refractivity contribution in [3.05, 3.63) is 54.2 Å². The van der Waals surface area contributed by atoms with E-state index >= 15 is 0 Å². The first-order valence-electron chi connectivity index (χ1n) is 12.5. The number of nitrogens with one attached hydrogen (secondary N) is 2. The van der Waals surface area contributed by atoms with Crippen LogP contribution < -0.4 is 16.4 Å². The third-order valence-electron chi connectivity index (χ3n) is 5.56. The Morgan fingerprint density at radius 1 is 1.05 bits per heavy atom. The van der Waals surface area contributed by atoms with Gasteiger partial charge in [-0.2, -0.15) is 0 Å². The van der Waals surface area contributed by atoms with E-state index in [2.05, 4.69) is 15.6 Å². The van der Waals surface area contributed by atoms with Crippen LogP contribution in [-0.2, 0) is 25.5 Å². The highest BCUT2D eigenvalue weighted by Gasteiger charge is 2.35.